The van der Waals surface area contributed by atoms with Gasteiger partial charge in [0, 0.05) is 24.8 Å². The first-order valence-electron chi connectivity index (χ1n) is 11.5. The number of aliphatic hydroxyl groups is 1. The number of aromatic nitrogens is 6. The Morgan fingerprint density at radius 2 is 2.03 bits per heavy atom. The van der Waals surface area contributed by atoms with Crippen LogP contribution < -0.4 is 4.74 Å². The van der Waals surface area contributed by atoms with Crippen LogP contribution in [0.1, 0.15) is 37.2 Å². The first kappa shape index (κ1) is 23.6. The van der Waals surface area contributed by atoms with Gasteiger partial charge in [-0.05, 0) is 44.9 Å². The van der Waals surface area contributed by atoms with E-state index in [-0.39, 0.29) is 29.6 Å². The summed E-state index contributed by atoms with van der Waals surface area (Å²) < 4.78 is 36.9. The van der Waals surface area contributed by atoms with E-state index in [2.05, 4.69) is 26.6 Å². The minimum Gasteiger partial charge on any atom is -0.488 e. The van der Waals surface area contributed by atoms with Gasteiger partial charge in [0.2, 0.25) is 0 Å². The van der Waals surface area contributed by atoms with Crippen molar-refractivity contribution in [3.05, 3.63) is 59.8 Å². The van der Waals surface area contributed by atoms with Crippen molar-refractivity contribution in [2.45, 2.75) is 38.3 Å². The molecule has 10 nitrogen and oxygen atoms in total. The molecule has 186 valence electrons. The largest absolute Gasteiger partial charge is 0.488 e. The average molecular weight is 495 g/mol. The van der Waals surface area contributed by atoms with E-state index >= 15 is 0 Å². The number of halogens is 2. The Labute approximate surface area is 205 Å². The lowest BCUT2D eigenvalue weighted by Gasteiger charge is -2.28. The van der Waals surface area contributed by atoms with E-state index in [1.165, 1.54) is 23.6 Å². The molecule has 4 aromatic rings. The molecule has 12 heteroatoms. The summed E-state index contributed by atoms with van der Waals surface area (Å²) in [5.41, 5.74) is 0.785. The van der Waals surface area contributed by atoms with Crippen molar-refractivity contribution in [1.82, 2.24) is 34.5 Å². The third-order valence-electron chi connectivity index (χ3n) is 6.47. The van der Waals surface area contributed by atoms with Gasteiger partial charge in [-0.25, -0.2) is 18.0 Å². The zero-order valence-corrected chi connectivity index (χ0v) is 19.8. The Morgan fingerprint density at radius 1 is 1.25 bits per heavy atom. The Balaban J connectivity index is 1.45. The van der Waals surface area contributed by atoms with E-state index in [9.17, 15) is 13.9 Å². The molecule has 0 bridgehead atoms. The minimum absolute atomic E-state index is 0.107. The highest BCUT2D eigenvalue weighted by Crippen LogP contribution is 2.33. The summed E-state index contributed by atoms with van der Waals surface area (Å²) in [6.45, 7) is 4.45. The highest BCUT2D eigenvalue weighted by Gasteiger charge is 2.28. The fourth-order valence-electron chi connectivity index (χ4n) is 4.44. The first-order chi connectivity index (χ1) is 17.3. The van der Waals surface area contributed by atoms with Gasteiger partial charge >= 0.3 is 0 Å². The maximum atomic E-state index is 14.6. The van der Waals surface area contributed by atoms with Gasteiger partial charge in [0.25, 0.3) is 0 Å². The summed E-state index contributed by atoms with van der Waals surface area (Å²) in [5.74, 6) is -0.952. The molecule has 0 amide bonds. The molecular formula is C24H24F2N8O2. The highest BCUT2D eigenvalue weighted by atomic mass is 19.1. The van der Waals surface area contributed by atoms with Gasteiger partial charge in [-0.1, -0.05) is 5.21 Å². The molecule has 0 saturated carbocycles. The van der Waals surface area contributed by atoms with E-state index in [1.807, 2.05) is 11.6 Å². The molecule has 1 aliphatic rings. The number of hydrogen-bond acceptors (Lipinski definition) is 8. The first-order valence-corrected chi connectivity index (χ1v) is 11.5. The van der Waals surface area contributed by atoms with Crippen LogP contribution in [-0.2, 0) is 5.60 Å². The number of piperidine rings is 1. The van der Waals surface area contributed by atoms with Gasteiger partial charge < -0.3 is 14.7 Å². The summed E-state index contributed by atoms with van der Waals surface area (Å²) in [4.78, 5) is 5.65. The zero-order chi connectivity index (χ0) is 25.4. The van der Waals surface area contributed by atoms with Gasteiger partial charge in [0.1, 0.15) is 35.0 Å². The standard InChI is InChI=1S/C24H24F2N8O2/c1-15-22(30-31-34(15)18-5-7-32(14-27)8-6-18)16-9-20(23-19(26)11-29-33(23)12-16)36-13-24(2,35)21-4-3-17(25)10-28-21/h3-4,9-12,18,35H,5-8,13H2,1-2H3. The quantitative estimate of drug-likeness (QED) is 0.407. The minimum atomic E-state index is -1.56. The van der Waals surface area contributed by atoms with Crippen molar-refractivity contribution in [3.63, 3.8) is 0 Å². The van der Waals surface area contributed by atoms with E-state index in [0.717, 1.165) is 30.9 Å². The number of nitrogens with zero attached hydrogens (tertiary/aromatic N) is 8. The lowest BCUT2D eigenvalue weighted by Crippen LogP contribution is -2.31. The predicted molar refractivity (Wildman–Crippen MR) is 124 cm³/mol. The van der Waals surface area contributed by atoms with Crippen molar-refractivity contribution >= 4 is 5.52 Å². The second kappa shape index (κ2) is 9.16. The van der Waals surface area contributed by atoms with Gasteiger partial charge in [0.15, 0.2) is 12.0 Å². The van der Waals surface area contributed by atoms with Crippen LogP contribution in [0.15, 0.2) is 36.8 Å². The van der Waals surface area contributed by atoms with Crippen molar-refractivity contribution in [2.24, 2.45) is 0 Å². The Morgan fingerprint density at radius 3 is 2.72 bits per heavy atom. The number of fused-ring (bicyclic) bond motifs is 1. The molecule has 0 aliphatic carbocycles. The topological polar surface area (TPSA) is 117 Å². The van der Waals surface area contributed by atoms with Crippen LogP contribution in [0.5, 0.6) is 5.75 Å². The van der Waals surface area contributed by atoms with E-state index in [1.54, 1.807) is 17.2 Å². The number of rotatable bonds is 6. The van der Waals surface area contributed by atoms with Crippen LogP contribution in [0.3, 0.4) is 0 Å². The van der Waals surface area contributed by atoms with Gasteiger partial charge in [-0.2, -0.15) is 10.4 Å². The molecule has 36 heavy (non-hydrogen) atoms. The molecule has 4 aromatic heterocycles. The van der Waals surface area contributed by atoms with Crippen molar-refractivity contribution < 1.29 is 18.6 Å². The lowest BCUT2D eigenvalue weighted by molar-refractivity contribution is 0.00415. The Bertz CT molecular complexity index is 1430. The van der Waals surface area contributed by atoms with Crippen LogP contribution in [0.2, 0.25) is 0 Å². The molecule has 1 unspecified atom stereocenters. The van der Waals surface area contributed by atoms with E-state index in [4.69, 9.17) is 10.00 Å². The van der Waals surface area contributed by atoms with Crippen LogP contribution in [-0.4, -0.2) is 59.3 Å². The van der Waals surface area contributed by atoms with Crippen LogP contribution >= 0.6 is 0 Å². The van der Waals surface area contributed by atoms with Gasteiger partial charge in [0.05, 0.1) is 29.8 Å². The molecule has 5 rings (SSSR count). The molecule has 1 atom stereocenters. The maximum Gasteiger partial charge on any atom is 0.179 e. The smallest absolute Gasteiger partial charge is 0.179 e. The van der Waals surface area contributed by atoms with Crippen LogP contribution in [0.4, 0.5) is 8.78 Å². The second-order valence-electron chi connectivity index (χ2n) is 9.09. The normalized spacial score (nSPS) is 16.2. The highest BCUT2D eigenvalue weighted by molar-refractivity contribution is 5.70. The molecular weight excluding hydrogens is 470 g/mol. The molecule has 1 fully saturated rings. The molecule has 1 N–H and O–H groups in total. The Kier molecular flexibility index (Phi) is 6.01. The monoisotopic (exact) mass is 494 g/mol. The molecule has 1 saturated heterocycles. The third kappa shape index (κ3) is 4.33. The maximum absolute atomic E-state index is 14.6. The predicted octanol–water partition coefficient (Wildman–Crippen LogP) is 2.98. The summed E-state index contributed by atoms with van der Waals surface area (Å²) >= 11 is 0. The average Bonchev–Trinajstić information content (AvgIpc) is 3.45. The van der Waals surface area contributed by atoms with Crippen molar-refractivity contribution in [1.29, 1.82) is 5.26 Å². The van der Waals surface area contributed by atoms with E-state index < -0.39 is 17.2 Å². The summed E-state index contributed by atoms with van der Waals surface area (Å²) in [7, 11) is 0. The molecule has 5 heterocycles. The fourth-order valence-corrected chi connectivity index (χ4v) is 4.44. The van der Waals surface area contributed by atoms with Gasteiger partial charge in [-0.3, -0.25) is 4.98 Å². The number of ether oxygens (including phenoxy) is 1. The van der Waals surface area contributed by atoms with E-state index in [0.29, 0.717) is 24.3 Å². The molecule has 0 aromatic carbocycles. The second-order valence-corrected chi connectivity index (χ2v) is 9.09. The zero-order valence-electron chi connectivity index (χ0n) is 19.8. The summed E-state index contributed by atoms with van der Waals surface area (Å²) in [6, 6.07) is 4.32. The molecule has 1 aliphatic heterocycles. The van der Waals surface area contributed by atoms with Gasteiger partial charge in [-0.15, -0.1) is 5.10 Å². The van der Waals surface area contributed by atoms with Crippen LogP contribution in [0.25, 0.3) is 16.8 Å². The number of nitriles is 1. The molecule has 0 spiro atoms. The lowest BCUT2D eigenvalue weighted by atomic mass is 10.0. The third-order valence-corrected chi connectivity index (χ3v) is 6.47. The van der Waals surface area contributed by atoms with Crippen molar-refractivity contribution in [3.8, 4) is 23.2 Å². The Hall–Kier alpha value is -4.11. The summed E-state index contributed by atoms with van der Waals surface area (Å²) in [6.07, 6.45) is 7.47. The fraction of sp³-hybridized carbons (Fsp3) is 0.375. The number of hydrogen-bond donors (Lipinski definition) is 1. The number of likely N-dealkylation sites (tertiary alicyclic amines) is 1. The van der Waals surface area contributed by atoms with Crippen LogP contribution in [0, 0.1) is 30.0 Å². The molecule has 0 radical (unpaired) electrons. The summed E-state index contributed by atoms with van der Waals surface area (Å²) in [5, 5.41) is 32.8. The SMILES string of the molecule is Cc1c(-c2cc(OCC(C)(O)c3ccc(F)cn3)c3c(F)cnn3c2)nnn1C1CCN(C#N)CC1. The number of pyridine rings is 2. The van der Waals surface area contributed by atoms with Crippen molar-refractivity contribution in [2.75, 3.05) is 19.7 Å².